The van der Waals surface area contributed by atoms with Gasteiger partial charge in [0.15, 0.2) is 0 Å². The molecule has 6 unspecified atom stereocenters. The van der Waals surface area contributed by atoms with Crippen LogP contribution in [0.5, 0.6) is 0 Å². The van der Waals surface area contributed by atoms with Crippen molar-refractivity contribution < 1.29 is 14.6 Å². The maximum atomic E-state index is 12.6. The quantitative estimate of drug-likeness (QED) is 0.607. The molecule has 0 aliphatic heterocycles. The number of rotatable bonds is 2. The molecule has 2 fully saturated rings. The van der Waals surface area contributed by atoms with Crippen molar-refractivity contribution >= 4 is 5.97 Å². The van der Waals surface area contributed by atoms with Crippen molar-refractivity contribution in [1.29, 1.82) is 0 Å². The molecule has 1 N–H and O–H groups in total. The van der Waals surface area contributed by atoms with Crippen LogP contribution in [0.1, 0.15) is 59.3 Å². The topological polar surface area (TPSA) is 46.5 Å². The van der Waals surface area contributed by atoms with Crippen LogP contribution < -0.4 is 0 Å². The molecule has 3 nitrogen and oxygen atoms in total. The van der Waals surface area contributed by atoms with Gasteiger partial charge in [0.1, 0.15) is 0 Å². The first-order valence-electron chi connectivity index (χ1n) is 9.33. The lowest BCUT2D eigenvalue weighted by molar-refractivity contribution is -0.171. The summed E-state index contributed by atoms with van der Waals surface area (Å²) < 4.78 is 5.16. The van der Waals surface area contributed by atoms with Gasteiger partial charge in [-0.05, 0) is 61.9 Å². The Labute approximate surface area is 146 Å². The number of fused-ring (bicyclic) bond motifs is 3. The summed E-state index contributed by atoms with van der Waals surface area (Å²) in [7, 11) is 1.49. The monoisotopic (exact) mass is 332 g/mol. The molecule has 0 aromatic carbocycles. The van der Waals surface area contributed by atoms with Gasteiger partial charge in [0.2, 0.25) is 0 Å². The number of ether oxygens (including phenoxy) is 1. The van der Waals surface area contributed by atoms with Crippen LogP contribution in [0, 0.1) is 28.1 Å². The van der Waals surface area contributed by atoms with Gasteiger partial charge in [-0.3, -0.25) is 4.79 Å². The molecule has 2 saturated carbocycles. The van der Waals surface area contributed by atoms with Crippen LogP contribution in [0.2, 0.25) is 0 Å². The Balaban J connectivity index is 2.04. The molecule has 3 rings (SSSR count). The van der Waals surface area contributed by atoms with E-state index >= 15 is 0 Å². The highest BCUT2D eigenvalue weighted by molar-refractivity contribution is 5.77. The standard InChI is InChI=1S/C21H32O3/c1-6-19(2)11-8-15-14(13-19)16(22)12-17-20(15,3)9-7-10-21(17,4)18(23)24-5/h6,13,15-17,22H,1,7-12H2,2-5H3. The Hall–Kier alpha value is -1.09. The largest absolute Gasteiger partial charge is 0.469 e. The van der Waals surface area contributed by atoms with E-state index in [0.717, 1.165) is 32.1 Å². The summed E-state index contributed by atoms with van der Waals surface area (Å²) in [4.78, 5) is 12.6. The molecular weight excluding hydrogens is 300 g/mol. The second kappa shape index (κ2) is 5.72. The van der Waals surface area contributed by atoms with Crippen LogP contribution >= 0.6 is 0 Å². The smallest absolute Gasteiger partial charge is 0.311 e. The first-order chi connectivity index (χ1) is 11.2. The molecule has 0 amide bonds. The van der Waals surface area contributed by atoms with Gasteiger partial charge < -0.3 is 9.84 Å². The molecule has 0 saturated heterocycles. The van der Waals surface area contributed by atoms with Gasteiger partial charge in [0, 0.05) is 5.41 Å². The minimum atomic E-state index is -0.479. The Morgan fingerprint density at radius 1 is 1.33 bits per heavy atom. The van der Waals surface area contributed by atoms with Crippen molar-refractivity contribution in [3.8, 4) is 0 Å². The van der Waals surface area contributed by atoms with Gasteiger partial charge in [0.25, 0.3) is 0 Å². The third-order valence-electron chi connectivity index (χ3n) is 7.60. The van der Waals surface area contributed by atoms with Crippen LogP contribution in [-0.2, 0) is 9.53 Å². The van der Waals surface area contributed by atoms with E-state index in [4.69, 9.17) is 4.74 Å². The van der Waals surface area contributed by atoms with Gasteiger partial charge in [0.05, 0.1) is 18.6 Å². The van der Waals surface area contributed by atoms with Gasteiger partial charge in [-0.1, -0.05) is 32.4 Å². The summed E-state index contributed by atoms with van der Waals surface area (Å²) >= 11 is 0. The van der Waals surface area contributed by atoms with Crippen LogP contribution in [0.4, 0.5) is 0 Å². The highest BCUT2D eigenvalue weighted by atomic mass is 16.5. The number of aliphatic hydroxyl groups is 1. The molecule has 0 aromatic rings. The average Bonchev–Trinajstić information content (AvgIpc) is 2.56. The van der Waals surface area contributed by atoms with Gasteiger partial charge in [-0.2, -0.15) is 0 Å². The lowest BCUT2D eigenvalue weighted by atomic mass is 9.44. The van der Waals surface area contributed by atoms with Crippen molar-refractivity contribution in [2.75, 3.05) is 7.11 Å². The van der Waals surface area contributed by atoms with Crippen LogP contribution in [0.15, 0.2) is 24.3 Å². The van der Waals surface area contributed by atoms with E-state index in [-0.39, 0.29) is 22.7 Å². The minimum absolute atomic E-state index is 0.0175. The molecule has 3 aliphatic carbocycles. The van der Waals surface area contributed by atoms with Crippen molar-refractivity contribution in [2.45, 2.75) is 65.4 Å². The van der Waals surface area contributed by atoms with Crippen molar-refractivity contribution in [3.05, 3.63) is 24.3 Å². The van der Waals surface area contributed by atoms with E-state index in [2.05, 4.69) is 33.4 Å². The fourth-order valence-electron chi connectivity index (χ4n) is 6.07. The number of carbonyl (C=O) groups excluding carboxylic acids is 1. The lowest BCUT2D eigenvalue weighted by Gasteiger charge is -2.60. The fraction of sp³-hybridized carbons (Fsp3) is 0.762. The predicted molar refractivity (Wildman–Crippen MR) is 95.3 cm³/mol. The Morgan fingerprint density at radius 2 is 2.04 bits per heavy atom. The van der Waals surface area contributed by atoms with Gasteiger partial charge >= 0.3 is 5.97 Å². The Bertz CT molecular complexity index is 580. The summed E-state index contributed by atoms with van der Waals surface area (Å²) in [6.07, 6.45) is 9.67. The molecule has 134 valence electrons. The molecule has 3 aliphatic rings. The number of aliphatic hydroxyl groups excluding tert-OH is 1. The summed E-state index contributed by atoms with van der Waals surface area (Å²) in [5, 5.41) is 10.9. The van der Waals surface area contributed by atoms with Gasteiger partial charge in [-0.15, -0.1) is 6.58 Å². The molecule has 0 heterocycles. The summed E-state index contributed by atoms with van der Waals surface area (Å²) in [5.41, 5.74) is 0.759. The fourth-order valence-corrected chi connectivity index (χ4v) is 6.07. The highest BCUT2D eigenvalue weighted by Crippen LogP contribution is 2.64. The SMILES string of the molecule is C=CC1(C)C=C2C(O)CC3C(C)(C(=O)OC)CCCC3(C)C2CC1. The van der Waals surface area contributed by atoms with Gasteiger partial charge in [-0.25, -0.2) is 0 Å². The molecule has 0 spiro atoms. The molecular formula is C21H32O3. The first-order valence-corrected chi connectivity index (χ1v) is 9.33. The summed E-state index contributed by atoms with van der Waals surface area (Å²) in [6.45, 7) is 10.6. The molecule has 0 radical (unpaired) electrons. The Kier molecular flexibility index (Phi) is 4.23. The number of carbonyl (C=O) groups is 1. The third-order valence-corrected chi connectivity index (χ3v) is 7.60. The predicted octanol–water partition coefficient (Wildman–Crippen LogP) is 4.27. The number of esters is 1. The van der Waals surface area contributed by atoms with Crippen LogP contribution in [0.25, 0.3) is 0 Å². The summed E-state index contributed by atoms with van der Waals surface area (Å²) in [5.74, 6) is 0.435. The van der Waals surface area contributed by atoms with E-state index < -0.39 is 11.5 Å². The maximum absolute atomic E-state index is 12.6. The summed E-state index contributed by atoms with van der Waals surface area (Å²) in [6, 6.07) is 0. The molecule has 0 aromatic heterocycles. The van der Waals surface area contributed by atoms with Crippen molar-refractivity contribution in [2.24, 2.45) is 28.1 Å². The zero-order valence-electron chi connectivity index (χ0n) is 15.6. The van der Waals surface area contributed by atoms with Crippen molar-refractivity contribution in [3.63, 3.8) is 0 Å². The van der Waals surface area contributed by atoms with Crippen LogP contribution in [-0.4, -0.2) is 24.3 Å². The van der Waals surface area contributed by atoms with E-state index in [9.17, 15) is 9.90 Å². The number of allylic oxidation sites excluding steroid dienone is 2. The van der Waals surface area contributed by atoms with E-state index in [1.54, 1.807) is 0 Å². The number of methoxy groups -OCH3 is 1. The van der Waals surface area contributed by atoms with Crippen LogP contribution in [0.3, 0.4) is 0 Å². The second-order valence-corrected chi connectivity index (χ2v) is 9.02. The average molecular weight is 332 g/mol. The Morgan fingerprint density at radius 3 is 2.67 bits per heavy atom. The van der Waals surface area contributed by atoms with E-state index in [1.807, 2.05) is 6.08 Å². The second-order valence-electron chi connectivity index (χ2n) is 9.02. The number of hydrogen-bond acceptors (Lipinski definition) is 3. The molecule has 0 bridgehead atoms. The lowest BCUT2D eigenvalue weighted by Crippen LogP contribution is -2.57. The molecule has 3 heteroatoms. The first kappa shape index (κ1) is 17.7. The maximum Gasteiger partial charge on any atom is 0.311 e. The zero-order chi connectivity index (χ0) is 17.8. The third kappa shape index (κ3) is 2.39. The zero-order valence-corrected chi connectivity index (χ0v) is 15.6. The van der Waals surface area contributed by atoms with E-state index in [1.165, 1.54) is 12.7 Å². The minimum Gasteiger partial charge on any atom is -0.469 e. The molecule has 24 heavy (non-hydrogen) atoms. The number of hydrogen-bond donors (Lipinski definition) is 1. The highest BCUT2D eigenvalue weighted by Gasteiger charge is 2.60. The normalized spacial score (nSPS) is 47.9. The van der Waals surface area contributed by atoms with Crippen molar-refractivity contribution in [1.82, 2.24) is 0 Å². The molecule has 6 atom stereocenters. The van der Waals surface area contributed by atoms with E-state index in [0.29, 0.717) is 12.3 Å².